The highest BCUT2D eigenvalue weighted by Crippen LogP contribution is 2.29. The minimum absolute atomic E-state index is 0.0432. The number of alkyl halides is 3. The molecule has 0 aromatic heterocycles. The molecule has 2 rings (SSSR count). The average molecular weight is 279 g/mol. The third-order valence-electron chi connectivity index (χ3n) is 2.86. The monoisotopic (exact) mass is 279 g/mol. The van der Waals surface area contributed by atoms with Crippen molar-refractivity contribution in [2.24, 2.45) is 0 Å². The number of anilines is 1. The van der Waals surface area contributed by atoms with E-state index in [2.05, 4.69) is 0 Å². The molecular weight excluding hydrogens is 267 g/mol. The van der Waals surface area contributed by atoms with Gasteiger partial charge >= 0.3 is 6.18 Å². The van der Waals surface area contributed by atoms with Crippen molar-refractivity contribution in [1.82, 2.24) is 0 Å². The summed E-state index contributed by atoms with van der Waals surface area (Å²) in [4.78, 5) is 12.0. The van der Waals surface area contributed by atoms with Gasteiger partial charge in [0, 0.05) is 17.7 Å². The van der Waals surface area contributed by atoms with Gasteiger partial charge in [-0.15, -0.1) is 0 Å². The van der Waals surface area contributed by atoms with Gasteiger partial charge in [-0.05, 0) is 29.8 Å². The number of ketones is 1. The van der Waals surface area contributed by atoms with Crippen molar-refractivity contribution in [3.8, 4) is 0 Å². The van der Waals surface area contributed by atoms with E-state index in [1.165, 1.54) is 12.1 Å². The number of benzene rings is 2. The van der Waals surface area contributed by atoms with E-state index in [-0.39, 0.29) is 17.8 Å². The summed E-state index contributed by atoms with van der Waals surface area (Å²) in [5, 5.41) is 0. The van der Waals surface area contributed by atoms with E-state index >= 15 is 0 Å². The Labute approximate surface area is 114 Å². The van der Waals surface area contributed by atoms with Crippen LogP contribution in [-0.2, 0) is 12.6 Å². The smallest absolute Gasteiger partial charge is 0.399 e. The molecule has 20 heavy (non-hydrogen) atoms. The summed E-state index contributed by atoms with van der Waals surface area (Å²) >= 11 is 0. The molecule has 0 spiro atoms. The van der Waals surface area contributed by atoms with E-state index in [0.717, 1.165) is 12.1 Å². The SMILES string of the molecule is Nc1ccc(CC(=O)c2cccc(C(F)(F)F)c2)cc1. The number of carbonyl (C=O) groups is 1. The third-order valence-corrected chi connectivity index (χ3v) is 2.86. The molecule has 2 aromatic rings. The van der Waals surface area contributed by atoms with Crippen molar-refractivity contribution >= 4 is 11.5 Å². The van der Waals surface area contributed by atoms with Crippen molar-refractivity contribution in [2.75, 3.05) is 5.73 Å². The Balaban J connectivity index is 2.19. The van der Waals surface area contributed by atoms with Crippen LogP contribution in [0.4, 0.5) is 18.9 Å². The quantitative estimate of drug-likeness (QED) is 0.687. The van der Waals surface area contributed by atoms with Crippen LogP contribution in [-0.4, -0.2) is 5.78 Å². The lowest BCUT2D eigenvalue weighted by molar-refractivity contribution is -0.137. The third kappa shape index (κ3) is 3.38. The minimum Gasteiger partial charge on any atom is -0.399 e. The fourth-order valence-electron chi connectivity index (χ4n) is 1.79. The predicted octanol–water partition coefficient (Wildman–Crippen LogP) is 3.71. The minimum atomic E-state index is -4.45. The van der Waals surface area contributed by atoms with Gasteiger partial charge in [-0.2, -0.15) is 13.2 Å². The highest BCUT2D eigenvalue weighted by atomic mass is 19.4. The second-order valence-electron chi connectivity index (χ2n) is 4.42. The van der Waals surface area contributed by atoms with Gasteiger partial charge in [0.1, 0.15) is 0 Å². The van der Waals surface area contributed by atoms with Crippen LogP contribution in [0.2, 0.25) is 0 Å². The molecular formula is C15H12F3NO. The van der Waals surface area contributed by atoms with Gasteiger partial charge in [-0.1, -0.05) is 24.3 Å². The van der Waals surface area contributed by atoms with Gasteiger partial charge in [-0.3, -0.25) is 4.79 Å². The van der Waals surface area contributed by atoms with Crippen molar-refractivity contribution in [2.45, 2.75) is 12.6 Å². The zero-order valence-corrected chi connectivity index (χ0v) is 10.4. The van der Waals surface area contributed by atoms with E-state index in [1.54, 1.807) is 24.3 Å². The molecule has 5 heteroatoms. The van der Waals surface area contributed by atoms with Crippen LogP contribution in [0.1, 0.15) is 21.5 Å². The molecule has 0 heterocycles. The van der Waals surface area contributed by atoms with Crippen LogP contribution in [0.25, 0.3) is 0 Å². The Morgan fingerprint density at radius 3 is 2.30 bits per heavy atom. The van der Waals surface area contributed by atoms with Gasteiger partial charge < -0.3 is 5.73 Å². The van der Waals surface area contributed by atoms with Crippen molar-refractivity contribution in [1.29, 1.82) is 0 Å². The lowest BCUT2D eigenvalue weighted by atomic mass is 10.0. The Kier molecular flexibility index (Phi) is 3.79. The molecule has 0 saturated carbocycles. The number of rotatable bonds is 3. The van der Waals surface area contributed by atoms with E-state index in [0.29, 0.717) is 11.3 Å². The average Bonchev–Trinajstić information content (AvgIpc) is 2.40. The van der Waals surface area contributed by atoms with Crippen LogP contribution in [0.5, 0.6) is 0 Å². The number of nitrogens with two attached hydrogens (primary N) is 1. The lowest BCUT2D eigenvalue weighted by Gasteiger charge is -2.08. The molecule has 0 aliphatic rings. The molecule has 104 valence electrons. The Bertz CT molecular complexity index is 618. The highest BCUT2D eigenvalue weighted by molar-refractivity contribution is 5.97. The van der Waals surface area contributed by atoms with Gasteiger partial charge in [0.15, 0.2) is 5.78 Å². The zero-order valence-electron chi connectivity index (χ0n) is 10.4. The summed E-state index contributed by atoms with van der Waals surface area (Å²) in [6.45, 7) is 0. The van der Waals surface area contributed by atoms with Crippen LogP contribution in [0.15, 0.2) is 48.5 Å². The van der Waals surface area contributed by atoms with Gasteiger partial charge in [0.25, 0.3) is 0 Å². The maximum absolute atomic E-state index is 12.6. The number of halogens is 3. The van der Waals surface area contributed by atoms with Crippen LogP contribution in [0.3, 0.4) is 0 Å². The summed E-state index contributed by atoms with van der Waals surface area (Å²) in [5.74, 6) is -0.360. The predicted molar refractivity (Wildman–Crippen MR) is 70.3 cm³/mol. The first-order valence-corrected chi connectivity index (χ1v) is 5.91. The first-order chi connectivity index (χ1) is 9.36. The number of Topliss-reactive ketones (excluding diaryl/α,β-unsaturated/α-hetero) is 1. The molecule has 0 bridgehead atoms. The lowest BCUT2D eigenvalue weighted by Crippen LogP contribution is -2.09. The topological polar surface area (TPSA) is 43.1 Å². The number of carbonyl (C=O) groups excluding carboxylic acids is 1. The van der Waals surface area contributed by atoms with Crippen LogP contribution < -0.4 is 5.73 Å². The summed E-state index contributed by atoms with van der Waals surface area (Å²) in [6, 6.07) is 11.1. The summed E-state index contributed by atoms with van der Waals surface area (Å²) < 4.78 is 37.7. The second-order valence-corrected chi connectivity index (χ2v) is 4.42. The molecule has 2 nitrogen and oxygen atoms in total. The molecule has 0 radical (unpaired) electrons. The molecule has 0 atom stereocenters. The Morgan fingerprint density at radius 2 is 1.70 bits per heavy atom. The first-order valence-electron chi connectivity index (χ1n) is 5.91. The molecule has 2 aromatic carbocycles. The summed E-state index contributed by atoms with van der Waals surface area (Å²) in [5.41, 5.74) is 6.04. The number of nitrogen functional groups attached to an aromatic ring is 1. The van der Waals surface area contributed by atoms with Crippen LogP contribution in [0, 0.1) is 0 Å². The first kappa shape index (κ1) is 14.1. The summed E-state index contributed by atoms with van der Waals surface area (Å²) in [7, 11) is 0. The molecule has 0 saturated heterocycles. The molecule has 0 amide bonds. The zero-order chi connectivity index (χ0) is 14.8. The van der Waals surface area contributed by atoms with E-state index in [9.17, 15) is 18.0 Å². The van der Waals surface area contributed by atoms with E-state index < -0.39 is 11.7 Å². The second kappa shape index (κ2) is 5.36. The number of hydrogen-bond acceptors (Lipinski definition) is 2. The maximum Gasteiger partial charge on any atom is 0.416 e. The molecule has 0 fully saturated rings. The highest BCUT2D eigenvalue weighted by Gasteiger charge is 2.30. The van der Waals surface area contributed by atoms with Crippen molar-refractivity contribution in [3.63, 3.8) is 0 Å². The summed E-state index contributed by atoms with van der Waals surface area (Å²) in [6.07, 6.45) is -4.40. The van der Waals surface area contributed by atoms with E-state index in [4.69, 9.17) is 5.73 Å². The van der Waals surface area contributed by atoms with Crippen LogP contribution >= 0.6 is 0 Å². The standard InChI is InChI=1S/C15H12F3NO/c16-15(17,18)12-3-1-2-11(9-12)14(20)8-10-4-6-13(19)7-5-10/h1-7,9H,8,19H2. The van der Waals surface area contributed by atoms with Gasteiger partial charge in [-0.25, -0.2) is 0 Å². The molecule has 0 aliphatic carbocycles. The van der Waals surface area contributed by atoms with Gasteiger partial charge in [0.2, 0.25) is 0 Å². The Hall–Kier alpha value is -2.30. The molecule has 2 N–H and O–H groups in total. The normalized spacial score (nSPS) is 11.3. The molecule has 0 unspecified atom stereocenters. The van der Waals surface area contributed by atoms with Gasteiger partial charge in [0.05, 0.1) is 5.56 Å². The fraction of sp³-hybridized carbons (Fsp3) is 0.133. The largest absolute Gasteiger partial charge is 0.416 e. The maximum atomic E-state index is 12.6. The van der Waals surface area contributed by atoms with Crippen molar-refractivity contribution in [3.05, 3.63) is 65.2 Å². The Morgan fingerprint density at radius 1 is 1.05 bits per heavy atom. The number of hydrogen-bond donors (Lipinski definition) is 1. The molecule has 0 aliphatic heterocycles. The van der Waals surface area contributed by atoms with E-state index in [1.807, 2.05) is 0 Å². The fourth-order valence-corrected chi connectivity index (χ4v) is 1.79. The van der Waals surface area contributed by atoms with Crippen molar-refractivity contribution < 1.29 is 18.0 Å².